The van der Waals surface area contributed by atoms with Gasteiger partial charge in [0, 0.05) is 22.9 Å². The summed E-state index contributed by atoms with van der Waals surface area (Å²) in [6.07, 6.45) is -0.248. The minimum atomic E-state index is -0.908. The van der Waals surface area contributed by atoms with Crippen LogP contribution in [0.1, 0.15) is 17.2 Å². The molecule has 1 aliphatic heterocycles. The van der Waals surface area contributed by atoms with Gasteiger partial charge in [0.05, 0.1) is 0 Å². The molecule has 0 bridgehead atoms. The first-order chi connectivity index (χ1) is 12.6. The Morgan fingerprint density at radius 1 is 1.23 bits per heavy atom. The molecular weight excluding hydrogens is 356 g/mol. The molecule has 0 saturated carbocycles. The van der Waals surface area contributed by atoms with Gasteiger partial charge in [-0.3, -0.25) is 10.1 Å². The highest BCUT2D eigenvalue weighted by Crippen LogP contribution is 2.29. The standard InChI is InChI=1S/C19H19ClN2O4/c20-15-8-6-13(7-9-15)10-17(22(24)25)18-19(14-4-2-1-3-5-14)26-16(12-23)11-21-18/h1-9,12,16-19,21H,10-11H2/t16-,17?,18-,19+/m1/s1. The van der Waals surface area contributed by atoms with Crippen LogP contribution in [0, 0.1) is 10.1 Å². The lowest BCUT2D eigenvalue weighted by Gasteiger charge is -2.37. The number of nitro groups is 1. The Bertz CT molecular complexity index is 754. The van der Waals surface area contributed by atoms with Crippen molar-refractivity contribution in [3.8, 4) is 0 Å². The van der Waals surface area contributed by atoms with E-state index in [-0.39, 0.29) is 17.9 Å². The molecule has 0 radical (unpaired) electrons. The van der Waals surface area contributed by atoms with E-state index in [2.05, 4.69) is 5.32 Å². The Hall–Kier alpha value is -2.28. The Morgan fingerprint density at radius 3 is 2.54 bits per heavy atom. The third kappa shape index (κ3) is 4.27. The number of halogens is 1. The van der Waals surface area contributed by atoms with Crippen molar-refractivity contribution in [2.75, 3.05) is 6.54 Å². The molecule has 26 heavy (non-hydrogen) atoms. The molecule has 0 amide bonds. The van der Waals surface area contributed by atoms with Crippen LogP contribution in [0.3, 0.4) is 0 Å². The highest BCUT2D eigenvalue weighted by Gasteiger charge is 2.42. The molecule has 0 aromatic heterocycles. The van der Waals surface area contributed by atoms with Crippen molar-refractivity contribution in [1.29, 1.82) is 0 Å². The third-order valence-corrected chi connectivity index (χ3v) is 4.78. The second kappa shape index (κ2) is 8.40. The smallest absolute Gasteiger partial charge is 0.235 e. The van der Waals surface area contributed by atoms with Gasteiger partial charge < -0.3 is 14.8 Å². The average Bonchev–Trinajstić information content (AvgIpc) is 2.67. The summed E-state index contributed by atoms with van der Waals surface area (Å²) in [5.41, 5.74) is 1.63. The van der Waals surface area contributed by atoms with E-state index in [9.17, 15) is 14.9 Å². The average molecular weight is 375 g/mol. The summed E-state index contributed by atoms with van der Waals surface area (Å²) in [4.78, 5) is 22.7. The molecule has 4 atom stereocenters. The number of benzene rings is 2. The molecule has 3 rings (SSSR count). The quantitative estimate of drug-likeness (QED) is 0.477. The van der Waals surface area contributed by atoms with E-state index < -0.39 is 24.3 Å². The summed E-state index contributed by atoms with van der Waals surface area (Å²) in [6, 6.07) is 14.8. The number of morpholine rings is 1. The maximum absolute atomic E-state index is 11.8. The highest BCUT2D eigenvalue weighted by atomic mass is 35.5. The van der Waals surface area contributed by atoms with Gasteiger partial charge in [0.25, 0.3) is 0 Å². The molecule has 1 fully saturated rings. The summed E-state index contributed by atoms with van der Waals surface area (Å²) in [6.45, 7) is 0.252. The van der Waals surface area contributed by atoms with Crippen molar-refractivity contribution in [2.45, 2.75) is 30.7 Å². The van der Waals surface area contributed by atoms with Gasteiger partial charge in [0.2, 0.25) is 6.04 Å². The fraction of sp³-hybridized carbons (Fsp3) is 0.316. The number of rotatable bonds is 6. The van der Waals surface area contributed by atoms with Crippen molar-refractivity contribution in [3.63, 3.8) is 0 Å². The van der Waals surface area contributed by atoms with E-state index in [1.807, 2.05) is 30.3 Å². The number of nitrogens with one attached hydrogen (secondary N) is 1. The second-order valence-electron chi connectivity index (χ2n) is 6.26. The van der Waals surface area contributed by atoms with E-state index in [4.69, 9.17) is 16.3 Å². The predicted octanol–water partition coefficient (Wildman–Crippen LogP) is 2.83. The van der Waals surface area contributed by atoms with Crippen molar-refractivity contribution in [3.05, 3.63) is 80.9 Å². The van der Waals surface area contributed by atoms with Crippen LogP contribution in [-0.4, -0.2) is 35.9 Å². The molecule has 6 nitrogen and oxygen atoms in total. The highest BCUT2D eigenvalue weighted by molar-refractivity contribution is 6.30. The monoisotopic (exact) mass is 374 g/mol. The van der Waals surface area contributed by atoms with Gasteiger partial charge in [-0.1, -0.05) is 54.1 Å². The van der Waals surface area contributed by atoms with E-state index in [0.29, 0.717) is 5.02 Å². The van der Waals surface area contributed by atoms with Crippen LogP contribution in [0.4, 0.5) is 0 Å². The SMILES string of the molecule is O=C[C@H]1CN[C@H](C(Cc2ccc(Cl)cc2)[N+](=O)[O-])[C@H](c2ccccc2)O1. The number of hydrogen-bond acceptors (Lipinski definition) is 5. The number of carbonyl (C=O) groups excluding carboxylic acids is 1. The maximum Gasteiger partial charge on any atom is 0.235 e. The fourth-order valence-corrected chi connectivity index (χ4v) is 3.35. The normalized spacial score (nSPS) is 24.0. The van der Waals surface area contributed by atoms with E-state index >= 15 is 0 Å². The Balaban J connectivity index is 1.88. The lowest BCUT2D eigenvalue weighted by Crippen LogP contribution is -2.56. The van der Waals surface area contributed by atoms with Gasteiger partial charge >= 0.3 is 0 Å². The zero-order valence-corrected chi connectivity index (χ0v) is 14.7. The molecule has 1 unspecified atom stereocenters. The summed E-state index contributed by atoms with van der Waals surface area (Å²) in [7, 11) is 0. The maximum atomic E-state index is 11.8. The van der Waals surface area contributed by atoms with Crippen LogP contribution in [-0.2, 0) is 16.0 Å². The molecule has 1 saturated heterocycles. The van der Waals surface area contributed by atoms with Gasteiger partial charge in [0.1, 0.15) is 24.5 Å². The number of nitrogens with zero attached hydrogens (tertiary/aromatic N) is 1. The van der Waals surface area contributed by atoms with Crippen LogP contribution in [0.5, 0.6) is 0 Å². The molecule has 1 N–H and O–H groups in total. The molecular formula is C19H19ClN2O4. The summed E-state index contributed by atoms with van der Waals surface area (Å²) in [5.74, 6) is 0. The van der Waals surface area contributed by atoms with Gasteiger partial charge in [-0.05, 0) is 23.3 Å². The van der Waals surface area contributed by atoms with Gasteiger partial charge in [-0.15, -0.1) is 0 Å². The molecule has 7 heteroatoms. The number of hydrogen-bond donors (Lipinski definition) is 1. The molecule has 0 spiro atoms. The molecule has 0 aliphatic carbocycles. The third-order valence-electron chi connectivity index (χ3n) is 4.53. The van der Waals surface area contributed by atoms with Crippen LogP contribution in [0.15, 0.2) is 54.6 Å². The number of aldehydes is 1. The first-order valence-corrected chi connectivity index (χ1v) is 8.73. The number of carbonyl (C=O) groups is 1. The minimum absolute atomic E-state index is 0.236. The largest absolute Gasteiger partial charge is 0.360 e. The van der Waals surface area contributed by atoms with E-state index in [1.54, 1.807) is 24.3 Å². The van der Waals surface area contributed by atoms with E-state index in [1.165, 1.54) is 0 Å². The topological polar surface area (TPSA) is 81.5 Å². The van der Waals surface area contributed by atoms with Gasteiger partial charge in [-0.2, -0.15) is 0 Å². The van der Waals surface area contributed by atoms with Crippen LogP contribution >= 0.6 is 11.6 Å². The summed E-state index contributed by atoms with van der Waals surface area (Å²) >= 11 is 5.90. The molecule has 1 heterocycles. The predicted molar refractivity (Wildman–Crippen MR) is 97.8 cm³/mol. The van der Waals surface area contributed by atoms with Crippen LogP contribution in [0.25, 0.3) is 0 Å². The zero-order valence-electron chi connectivity index (χ0n) is 14.0. The number of ether oxygens (including phenoxy) is 1. The molecule has 1 aliphatic rings. The van der Waals surface area contributed by atoms with Crippen molar-refractivity contribution in [2.24, 2.45) is 0 Å². The molecule has 2 aromatic carbocycles. The van der Waals surface area contributed by atoms with E-state index in [0.717, 1.165) is 17.4 Å². The second-order valence-corrected chi connectivity index (χ2v) is 6.70. The van der Waals surface area contributed by atoms with Crippen molar-refractivity contribution in [1.82, 2.24) is 5.32 Å². The van der Waals surface area contributed by atoms with Gasteiger partial charge in [-0.25, -0.2) is 0 Å². The summed E-state index contributed by atoms with van der Waals surface area (Å²) in [5, 5.41) is 15.6. The first-order valence-electron chi connectivity index (χ1n) is 8.35. The fourth-order valence-electron chi connectivity index (χ4n) is 3.22. The van der Waals surface area contributed by atoms with Gasteiger partial charge in [0.15, 0.2) is 0 Å². The molecule has 2 aromatic rings. The first kappa shape index (κ1) is 18.5. The Kier molecular flexibility index (Phi) is 5.98. The Morgan fingerprint density at radius 2 is 1.92 bits per heavy atom. The van der Waals surface area contributed by atoms with Crippen LogP contribution < -0.4 is 5.32 Å². The van der Waals surface area contributed by atoms with Crippen molar-refractivity contribution < 1.29 is 14.5 Å². The minimum Gasteiger partial charge on any atom is -0.360 e. The lowest BCUT2D eigenvalue weighted by molar-refractivity contribution is -0.530. The zero-order chi connectivity index (χ0) is 18.5. The summed E-state index contributed by atoms with van der Waals surface area (Å²) < 4.78 is 5.87. The lowest BCUT2D eigenvalue weighted by atomic mass is 9.90. The van der Waals surface area contributed by atoms with Crippen molar-refractivity contribution >= 4 is 17.9 Å². The Labute approximate surface area is 156 Å². The van der Waals surface area contributed by atoms with Crippen LogP contribution in [0.2, 0.25) is 5.02 Å². The molecule has 136 valence electrons.